The molecule has 1 heterocycles. The normalized spacial score (nSPS) is 10.8. The molecule has 0 amide bonds. The number of benzene rings is 2. The number of hydrogen-bond acceptors (Lipinski definition) is 3. The van der Waals surface area contributed by atoms with Crippen LogP contribution >= 0.6 is 15.9 Å². The van der Waals surface area contributed by atoms with Crippen LogP contribution in [0, 0.1) is 0 Å². The molecular weight excluding hydrogens is 330 g/mol. The third-order valence-corrected chi connectivity index (χ3v) is 3.70. The molecule has 0 bridgehead atoms. The van der Waals surface area contributed by atoms with Crippen LogP contribution in [0.2, 0.25) is 0 Å². The Hall–Kier alpha value is -2.14. The summed E-state index contributed by atoms with van der Waals surface area (Å²) in [7, 11) is 0. The Kier molecular flexibility index (Phi) is 3.75. The highest BCUT2D eigenvalue weighted by molar-refractivity contribution is 9.10. The van der Waals surface area contributed by atoms with Crippen molar-refractivity contribution in [2.45, 2.75) is 6.92 Å². The fourth-order valence-electron chi connectivity index (χ4n) is 2.27. The van der Waals surface area contributed by atoms with Crippen LogP contribution in [0.1, 0.15) is 6.92 Å². The van der Waals surface area contributed by atoms with Gasteiger partial charge in [-0.2, -0.15) is 0 Å². The second kappa shape index (κ2) is 5.69. The van der Waals surface area contributed by atoms with Crippen molar-refractivity contribution in [3.63, 3.8) is 0 Å². The SMILES string of the molecule is CCNc1ccc(Br)cc1-c1nc2ccccc2[nH]c1=O. The van der Waals surface area contributed by atoms with E-state index in [1.54, 1.807) is 0 Å². The molecule has 0 spiro atoms. The first kappa shape index (κ1) is 13.8. The Bertz CT molecular complexity index is 858. The minimum absolute atomic E-state index is 0.189. The quantitative estimate of drug-likeness (QED) is 0.760. The molecular formula is C16H14BrN3O. The molecule has 2 aromatic carbocycles. The summed E-state index contributed by atoms with van der Waals surface area (Å²) in [5.41, 5.74) is 3.44. The predicted molar refractivity (Wildman–Crippen MR) is 89.7 cm³/mol. The summed E-state index contributed by atoms with van der Waals surface area (Å²) in [4.78, 5) is 19.7. The molecule has 0 saturated heterocycles. The summed E-state index contributed by atoms with van der Waals surface area (Å²) in [5.74, 6) is 0. The van der Waals surface area contributed by atoms with Crippen molar-refractivity contribution in [3.8, 4) is 11.3 Å². The molecule has 0 aliphatic heterocycles. The summed E-state index contributed by atoms with van der Waals surface area (Å²) in [6.45, 7) is 2.80. The summed E-state index contributed by atoms with van der Waals surface area (Å²) < 4.78 is 0.911. The summed E-state index contributed by atoms with van der Waals surface area (Å²) in [6, 6.07) is 13.3. The lowest BCUT2D eigenvalue weighted by atomic mass is 10.1. The van der Waals surface area contributed by atoms with Crippen LogP contribution in [-0.4, -0.2) is 16.5 Å². The summed E-state index contributed by atoms with van der Waals surface area (Å²) >= 11 is 3.45. The van der Waals surface area contributed by atoms with E-state index in [9.17, 15) is 4.79 Å². The molecule has 0 saturated carbocycles. The molecule has 1 aromatic heterocycles. The highest BCUT2D eigenvalue weighted by atomic mass is 79.9. The van der Waals surface area contributed by atoms with E-state index in [0.717, 1.165) is 33.3 Å². The predicted octanol–water partition coefficient (Wildman–Crippen LogP) is 3.78. The molecule has 2 N–H and O–H groups in total. The number of hydrogen-bond donors (Lipinski definition) is 2. The van der Waals surface area contributed by atoms with Gasteiger partial charge in [-0.3, -0.25) is 4.79 Å². The van der Waals surface area contributed by atoms with Gasteiger partial charge in [0.2, 0.25) is 0 Å². The van der Waals surface area contributed by atoms with Gasteiger partial charge < -0.3 is 10.3 Å². The van der Waals surface area contributed by atoms with Crippen molar-refractivity contribution in [2.75, 3.05) is 11.9 Å². The number of anilines is 1. The highest BCUT2D eigenvalue weighted by Gasteiger charge is 2.12. The van der Waals surface area contributed by atoms with E-state index >= 15 is 0 Å². The zero-order valence-corrected chi connectivity index (χ0v) is 13.1. The van der Waals surface area contributed by atoms with Gasteiger partial charge in [-0.1, -0.05) is 28.1 Å². The molecule has 0 unspecified atom stereocenters. The van der Waals surface area contributed by atoms with Crippen molar-refractivity contribution in [1.82, 2.24) is 9.97 Å². The number of halogens is 1. The van der Waals surface area contributed by atoms with E-state index in [1.807, 2.05) is 49.4 Å². The van der Waals surface area contributed by atoms with Crippen molar-refractivity contribution in [3.05, 3.63) is 57.3 Å². The van der Waals surface area contributed by atoms with Crippen LogP contribution in [-0.2, 0) is 0 Å². The van der Waals surface area contributed by atoms with Gasteiger partial charge in [-0.25, -0.2) is 4.98 Å². The number of para-hydroxylation sites is 2. The van der Waals surface area contributed by atoms with Crippen LogP contribution in [0.5, 0.6) is 0 Å². The summed E-state index contributed by atoms with van der Waals surface area (Å²) in [5, 5.41) is 3.26. The van der Waals surface area contributed by atoms with Gasteiger partial charge in [0.1, 0.15) is 5.69 Å². The van der Waals surface area contributed by atoms with E-state index in [-0.39, 0.29) is 5.56 Å². The van der Waals surface area contributed by atoms with Gasteiger partial charge in [0.15, 0.2) is 0 Å². The zero-order valence-electron chi connectivity index (χ0n) is 11.5. The smallest absolute Gasteiger partial charge is 0.275 e. The van der Waals surface area contributed by atoms with Crippen molar-refractivity contribution in [1.29, 1.82) is 0 Å². The molecule has 106 valence electrons. The third-order valence-electron chi connectivity index (χ3n) is 3.20. The first-order valence-corrected chi connectivity index (χ1v) is 7.51. The topological polar surface area (TPSA) is 57.8 Å². The lowest BCUT2D eigenvalue weighted by Crippen LogP contribution is -2.12. The minimum Gasteiger partial charge on any atom is -0.385 e. The lowest BCUT2D eigenvalue weighted by molar-refractivity contribution is 1.19. The molecule has 0 aliphatic carbocycles. The largest absolute Gasteiger partial charge is 0.385 e. The molecule has 0 radical (unpaired) electrons. The first-order chi connectivity index (χ1) is 10.2. The van der Waals surface area contributed by atoms with Crippen LogP contribution in [0.4, 0.5) is 5.69 Å². The summed E-state index contributed by atoms with van der Waals surface area (Å²) in [6.07, 6.45) is 0. The van der Waals surface area contributed by atoms with E-state index in [1.165, 1.54) is 0 Å². The molecule has 0 atom stereocenters. The van der Waals surface area contributed by atoms with Crippen LogP contribution in [0.25, 0.3) is 22.3 Å². The van der Waals surface area contributed by atoms with Gasteiger partial charge in [0, 0.05) is 22.3 Å². The molecule has 0 aliphatic rings. The van der Waals surface area contributed by atoms with Gasteiger partial charge in [0.05, 0.1) is 11.0 Å². The second-order valence-corrected chi connectivity index (χ2v) is 5.57. The number of nitrogens with zero attached hydrogens (tertiary/aromatic N) is 1. The number of H-pyrrole nitrogens is 1. The lowest BCUT2D eigenvalue weighted by Gasteiger charge is -2.11. The zero-order chi connectivity index (χ0) is 14.8. The molecule has 21 heavy (non-hydrogen) atoms. The number of nitrogens with one attached hydrogen (secondary N) is 2. The fraction of sp³-hybridized carbons (Fsp3) is 0.125. The highest BCUT2D eigenvalue weighted by Crippen LogP contribution is 2.28. The standard InChI is InChI=1S/C16H14BrN3O/c1-2-18-12-8-7-10(17)9-11(12)15-16(21)20-14-6-4-3-5-13(14)19-15/h3-9,18H,2H2,1H3,(H,20,21). The van der Waals surface area contributed by atoms with E-state index in [4.69, 9.17) is 0 Å². The average molecular weight is 344 g/mol. The average Bonchev–Trinajstić information content (AvgIpc) is 2.49. The Balaban J connectivity index is 2.27. The third kappa shape index (κ3) is 2.69. The number of aromatic nitrogens is 2. The van der Waals surface area contributed by atoms with Crippen LogP contribution < -0.4 is 10.9 Å². The Morgan fingerprint density at radius 1 is 1.24 bits per heavy atom. The van der Waals surface area contributed by atoms with Gasteiger partial charge in [-0.15, -0.1) is 0 Å². The van der Waals surface area contributed by atoms with Gasteiger partial charge in [-0.05, 0) is 37.3 Å². The maximum Gasteiger partial charge on any atom is 0.275 e. The van der Waals surface area contributed by atoms with Crippen molar-refractivity contribution >= 4 is 32.7 Å². The molecule has 5 heteroatoms. The van der Waals surface area contributed by atoms with Crippen LogP contribution in [0.15, 0.2) is 51.7 Å². The Labute approximate surface area is 130 Å². The second-order valence-electron chi connectivity index (χ2n) is 4.65. The minimum atomic E-state index is -0.189. The van der Waals surface area contributed by atoms with E-state index < -0.39 is 0 Å². The van der Waals surface area contributed by atoms with Crippen molar-refractivity contribution < 1.29 is 0 Å². The first-order valence-electron chi connectivity index (χ1n) is 6.72. The number of rotatable bonds is 3. The molecule has 0 fully saturated rings. The van der Waals surface area contributed by atoms with Gasteiger partial charge in [0.25, 0.3) is 5.56 Å². The number of fused-ring (bicyclic) bond motifs is 1. The fourth-order valence-corrected chi connectivity index (χ4v) is 2.63. The van der Waals surface area contributed by atoms with Crippen molar-refractivity contribution in [2.24, 2.45) is 0 Å². The van der Waals surface area contributed by atoms with E-state index in [2.05, 4.69) is 31.2 Å². The molecule has 3 rings (SSSR count). The molecule has 4 nitrogen and oxygen atoms in total. The van der Waals surface area contributed by atoms with E-state index in [0.29, 0.717) is 5.69 Å². The Morgan fingerprint density at radius 2 is 2.05 bits per heavy atom. The maximum absolute atomic E-state index is 12.3. The van der Waals surface area contributed by atoms with Crippen LogP contribution in [0.3, 0.4) is 0 Å². The monoisotopic (exact) mass is 343 g/mol. The molecule has 3 aromatic rings. The number of aromatic amines is 1. The van der Waals surface area contributed by atoms with Gasteiger partial charge >= 0.3 is 0 Å². The maximum atomic E-state index is 12.3. The Morgan fingerprint density at radius 3 is 2.86 bits per heavy atom.